The maximum absolute atomic E-state index is 12.7. The van der Waals surface area contributed by atoms with E-state index in [-0.39, 0.29) is 5.82 Å². The SMILES string of the molecule is CCCCCCC/C(C=O)=C\c1ccc(F)cc1. The topological polar surface area (TPSA) is 17.1 Å². The average Bonchev–Trinajstić information content (AvgIpc) is 2.39. The normalized spacial score (nSPS) is 11.6. The molecule has 0 spiro atoms. The second-order valence-corrected chi connectivity index (χ2v) is 4.55. The smallest absolute Gasteiger partial charge is 0.146 e. The molecule has 0 heterocycles. The highest BCUT2D eigenvalue weighted by atomic mass is 19.1. The van der Waals surface area contributed by atoms with Gasteiger partial charge >= 0.3 is 0 Å². The van der Waals surface area contributed by atoms with Gasteiger partial charge < -0.3 is 0 Å². The Balaban J connectivity index is 2.44. The van der Waals surface area contributed by atoms with Crippen LogP contribution in [0.4, 0.5) is 4.39 Å². The molecule has 0 aliphatic carbocycles. The van der Waals surface area contributed by atoms with Crippen LogP contribution in [0.25, 0.3) is 6.08 Å². The van der Waals surface area contributed by atoms with Gasteiger partial charge in [0.25, 0.3) is 0 Å². The first-order chi connectivity index (χ1) is 8.76. The molecule has 0 fully saturated rings. The van der Waals surface area contributed by atoms with Crippen molar-refractivity contribution in [3.8, 4) is 0 Å². The summed E-state index contributed by atoms with van der Waals surface area (Å²) in [5.74, 6) is -0.251. The van der Waals surface area contributed by atoms with Crippen LogP contribution in [0.1, 0.15) is 51.0 Å². The summed E-state index contributed by atoms with van der Waals surface area (Å²) in [6, 6.07) is 6.21. The van der Waals surface area contributed by atoms with Gasteiger partial charge in [-0.3, -0.25) is 4.79 Å². The zero-order chi connectivity index (χ0) is 13.2. The molecule has 18 heavy (non-hydrogen) atoms. The maximum atomic E-state index is 12.7. The number of aldehydes is 1. The average molecular weight is 248 g/mol. The minimum Gasteiger partial charge on any atom is -0.298 e. The highest BCUT2D eigenvalue weighted by Crippen LogP contribution is 2.13. The molecule has 1 aromatic rings. The second-order valence-electron chi connectivity index (χ2n) is 4.55. The van der Waals surface area contributed by atoms with Crippen LogP contribution in [0.5, 0.6) is 0 Å². The molecule has 0 N–H and O–H groups in total. The van der Waals surface area contributed by atoms with Crippen LogP contribution in [0.2, 0.25) is 0 Å². The van der Waals surface area contributed by atoms with Gasteiger partial charge in [-0.05, 0) is 42.2 Å². The Morgan fingerprint density at radius 1 is 1.11 bits per heavy atom. The van der Waals surface area contributed by atoms with E-state index in [1.807, 2.05) is 6.08 Å². The number of halogens is 1. The van der Waals surface area contributed by atoms with Gasteiger partial charge in [0.1, 0.15) is 12.1 Å². The van der Waals surface area contributed by atoms with Crippen molar-refractivity contribution < 1.29 is 9.18 Å². The fourth-order valence-electron chi connectivity index (χ4n) is 1.87. The predicted molar refractivity (Wildman–Crippen MR) is 73.8 cm³/mol. The first-order valence-electron chi connectivity index (χ1n) is 6.67. The minimum absolute atomic E-state index is 0.251. The van der Waals surface area contributed by atoms with Gasteiger partial charge in [-0.1, -0.05) is 44.7 Å². The first kappa shape index (κ1) is 14.6. The number of allylic oxidation sites excluding steroid dienone is 1. The predicted octanol–water partition coefficient (Wildman–Crippen LogP) is 4.77. The molecule has 0 saturated heterocycles. The van der Waals surface area contributed by atoms with Crippen LogP contribution >= 0.6 is 0 Å². The molecule has 0 aromatic heterocycles. The molecule has 1 nitrogen and oxygen atoms in total. The largest absolute Gasteiger partial charge is 0.298 e. The molecular formula is C16H21FO. The summed E-state index contributed by atoms with van der Waals surface area (Å²) in [7, 11) is 0. The molecular weight excluding hydrogens is 227 g/mol. The quantitative estimate of drug-likeness (QED) is 0.368. The van der Waals surface area contributed by atoms with Crippen LogP contribution in [-0.4, -0.2) is 6.29 Å². The first-order valence-corrected chi connectivity index (χ1v) is 6.67. The molecule has 0 bridgehead atoms. The standard InChI is InChI=1S/C16H21FO/c1-2-3-4-5-6-7-15(13-18)12-14-8-10-16(17)11-9-14/h8-13H,2-7H2,1H3/b15-12+. The molecule has 98 valence electrons. The molecule has 0 saturated carbocycles. The molecule has 0 aliphatic heterocycles. The van der Waals surface area contributed by atoms with E-state index in [4.69, 9.17) is 0 Å². The Kier molecular flexibility index (Phi) is 7.00. The van der Waals surface area contributed by atoms with E-state index in [0.29, 0.717) is 0 Å². The summed E-state index contributed by atoms with van der Waals surface area (Å²) in [5, 5.41) is 0. The monoisotopic (exact) mass is 248 g/mol. The van der Waals surface area contributed by atoms with Crippen LogP contribution in [0.15, 0.2) is 29.8 Å². The molecule has 1 aromatic carbocycles. The second kappa shape index (κ2) is 8.62. The number of unbranched alkanes of at least 4 members (excludes halogenated alkanes) is 4. The van der Waals surface area contributed by atoms with Crippen molar-refractivity contribution in [2.24, 2.45) is 0 Å². The van der Waals surface area contributed by atoms with Crippen molar-refractivity contribution in [3.05, 3.63) is 41.2 Å². The van der Waals surface area contributed by atoms with Gasteiger partial charge in [-0.2, -0.15) is 0 Å². The number of carbonyl (C=O) groups excluding carboxylic acids is 1. The fourth-order valence-corrected chi connectivity index (χ4v) is 1.87. The van der Waals surface area contributed by atoms with E-state index in [1.54, 1.807) is 12.1 Å². The Morgan fingerprint density at radius 2 is 1.78 bits per heavy atom. The molecule has 2 heteroatoms. The van der Waals surface area contributed by atoms with Gasteiger partial charge in [0.2, 0.25) is 0 Å². The summed E-state index contributed by atoms with van der Waals surface area (Å²) in [6.45, 7) is 2.19. The minimum atomic E-state index is -0.251. The number of benzene rings is 1. The van der Waals surface area contributed by atoms with Crippen molar-refractivity contribution in [1.82, 2.24) is 0 Å². The number of rotatable bonds is 8. The zero-order valence-electron chi connectivity index (χ0n) is 11.0. The summed E-state index contributed by atoms with van der Waals surface area (Å²) in [6.07, 6.45) is 9.50. The lowest BCUT2D eigenvalue weighted by molar-refractivity contribution is -0.105. The molecule has 0 unspecified atom stereocenters. The molecule has 0 amide bonds. The third-order valence-corrected chi connectivity index (χ3v) is 2.94. The Morgan fingerprint density at radius 3 is 2.39 bits per heavy atom. The fraction of sp³-hybridized carbons (Fsp3) is 0.438. The van der Waals surface area contributed by atoms with Crippen LogP contribution in [0, 0.1) is 5.82 Å². The molecule has 1 rings (SSSR count). The highest BCUT2D eigenvalue weighted by Gasteiger charge is 1.98. The third-order valence-electron chi connectivity index (χ3n) is 2.94. The van der Waals surface area contributed by atoms with Gasteiger partial charge in [0.05, 0.1) is 0 Å². The van der Waals surface area contributed by atoms with Crippen LogP contribution < -0.4 is 0 Å². The van der Waals surface area contributed by atoms with Crippen molar-refractivity contribution in [2.75, 3.05) is 0 Å². The lowest BCUT2D eigenvalue weighted by Gasteiger charge is -2.01. The van der Waals surface area contributed by atoms with Crippen molar-refractivity contribution in [2.45, 2.75) is 45.4 Å². The maximum Gasteiger partial charge on any atom is 0.146 e. The van der Waals surface area contributed by atoms with E-state index in [0.717, 1.165) is 30.3 Å². The van der Waals surface area contributed by atoms with Gasteiger partial charge in [-0.25, -0.2) is 4.39 Å². The number of hydrogen-bond acceptors (Lipinski definition) is 1. The van der Waals surface area contributed by atoms with Crippen molar-refractivity contribution in [1.29, 1.82) is 0 Å². The van der Waals surface area contributed by atoms with Crippen LogP contribution in [0.3, 0.4) is 0 Å². The lowest BCUT2D eigenvalue weighted by Crippen LogP contribution is -1.87. The molecule has 0 radical (unpaired) electrons. The molecule has 0 aliphatic rings. The van der Waals surface area contributed by atoms with Crippen molar-refractivity contribution >= 4 is 12.4 Å². The number of hydrogen-bond donors (Lipinski definition) is 0. The van der Waals surface area contributed by atoms with E-state index in [2.05, 4.69) is 6.92 Å². The van der Waals surface area contributed by atoms with E-state index in [1.165, 1.54) is 37.8 Å². The Hall–Kier alpha value is -1.44. The summed E-state index contributed by atoms with van der Waals surface area (Å²) >= 11 is 0. The van der Waals surface area contributed by atoms with Gasteiger partial charge in [-0.15, -0.1) is 0 Å². The van der Waals surface area contributed by atoms with Crippen molar-refractivity contribution in [3.63, 3.8) is 0 Å². The van der Waals surface area contributed by atoms with E-state index >= 15 is 0 Å². The Labute approximate surface area is 109 Å². The third kappa shape index (κ3) is 5.76. The Bertz CT molecular complexity index is 379. The zero-order valence-corrected chi connectivity index (χ0v) is 11.0. The van der Waals surface area contributed by atoms with Crippen LogP contribution in [-0.2, 0) is 4.79 Å². The highest BCUT2D eigenvalue weighted by molar-refractivity contribution is 5.81. The van der Waals surface area contributed by atoms with E-state index < -0.39 is 0 Å². The summed E-state index contributed by atoms with van der Waals surface area (Å²) in [5.41, 5.74) is 1.67. The van der Waals surface area contributed by atoms with Gasteiger partial charge in [0, 0.05) is 0 Å². The lowest BCUT2D eigenvalue weighted by atomic mass is 10.0. The van der Waals surface area contributed by atoms with E-state index in [9.17, 15) is 9.18 Å². The van der Waals surface area contributed by atoms with Gasteiger partial charge in [0.15, 0.2) is 0 Å². The summed E-state index contributed by atoms with van der Waals surface area (Å²) < 4.78 is 12.7. The molecule has 0 atom stereocenters. The summed E-state index contributed by atoms with van der Waals surface area (Å²) in [4.78, 5) is 11.0. The number of carbonyl (C=O) groups is 1.